The highest BCUT2D eigenvalue weighted by Gasteiger charge is 2.39. The number of aromatic amines is 1. The summed E-state index contributed by atoms with van der Waals surface area (Å²) in [6.45, 7) is 2.14. The van der Waals surface area contributed by atoms with E-state index in [0.29, 0.717) is 31.7 Å². The minimum Gasteiger partial charge on any atom is -0.468 e. The van der Waals surface area contributed by atoms with Crippen LogP contribution in [0.3, 0.4) is 0 Å². The van der Waals surface area contributed by atoms with Crippen molar-refractivity contribution in [2.75, 3.05) is 25.5 Å². The first-order valence-corrected chi connectivity index (χ1v) is 15.0. The lowest BCUT2D eigenvalue weighted by Crippen LogP contribution is -2.47. The number of aromatic nitrogens is 2. The molecule has 1 saturated heterocycles. The molecule has 4 N–H and O–H groups in total. The molecular weight excluding hydrogens is 594 g/mol. The second-order valence-electron chi connectivity index (χ2n) is 9.21. The summed E-state index contributed by atoms with van der Waals surface area (Å²) in [6, 6.07) is 12.2. The van der Waals surface area contributed by atoms with Crippen molar-refractivity contribution in [3.05, 3.63) is 76.0 Å². The maximum atomic E-state index is 14.0. The third kappa shape index (κ3) is 7.46. The predicted octanol–water partition coefficient (Wildman–Crippen LogP) is 4.50. The zero-order chi connectivity index (χ0) is 29.6. The lowest BCUT2D eigenvalue weighted by Gasteiger charge is -2.37. The maximum Gasteiger partial charge on any atom is 0.393 e. The monoisotopic (exact) mass is 622 g/mol. The van der Waals surface area contributed by atoms with E-state index in [2.05, 4.69) is 25.9 Å². The van der Waals surface area contributed by atoms with E-state index in [9.17, 15) is 18.9 Å². The first kappa shape index (κ1) is 30.5. The number of H-pyrrole nitrogens is 1. The van der Waals surface area contributed by atoms with Gasteiger partial charge in [0, 0.05) is 19.1 Å². The van der Waals surface area contributed by atoms with Crippen LogP contribution in [0.5, 0.6) is 5.75 Å². The molecule has 1 aromatic heterocycles. The van der Waals surface area contributed by atoms with Crippen molar-refractivity contribution in [2.24, 2.45) is 0 Å². The number of nitrogens with zero attached hydrogens (tertiary/aromatic N) is 2. The Bertz CT molecular complexity index is 1430. The fraction of sp³-hybridized carbons (Fsp3) is 0.308. The lowest BCUT2D eigenvalue weighted by atomic mass is 10.1. The van der Waals surface area contributed by atoms with Crippen LogP contribution in [0.25, 0.3) is 0 Å². The number of nitrogens with one attached hydrogen (secondary N) is 4. The van der Waals surface area contributed by atoms with Crippen molar-refractivity contribution in [1.82, 2.24) is 25.3 Å². The molecule has 1 aliphatic heterocycles. The van der Waals surface area contributed by atoms with Gasteiger partial charge in [-0.3, -0.25) is 19.5 Å². The van der Waals surface area contributed by atoms with Crippen molar-refractivity contribution in [1.29, 1.82) is 0 Å². The Morgan fingerprint density at radius 3 is 2.34 bits per heavy atom. The second-order valence-corrected chi connectivity index (χ2v) is 12.1. The SMILES string of the molecule is COC(=O)C(C)NP(=O)(Oc1ccccc1)N1CCC(NC(=O)c2[nH]ncc2NC(=O)c2c(Cl)cccc2Cl)CC1. The van der Waals surface area contributed by atoms with Gasteiger partial charge < -0.3 is 19.9 Å². The van der Waals surface area contributed by atoms with Crippen LogP contribution in [0.15, 0.2) is 54.7 Å². The summed E-state index contributed by atoms with van der Waals surface area (Å²) in [5, 5.41) is 15.2. The van der Waals surface area contributed by atoms with Gasteiger partial charge in [-0.05, 0) is 44.0 Å². The Kier molecular flexibility index (Phi) is 10.1. The molecule has 1 fully saturated rings. The first-order chi connectivity index (χ1) is 19.6. The van der Waals surface area contributed by atoms with Gasteiger partial charge >= 0.3 is 13.6 Å². The van der Waals surface area contributed by atoms with Gasteiger partial charge in [-0.1, -0.05) is 47.5 Å². The molecule has 2 atom stereocenters. The highest BCUT2D eigenvalue weighted by atomic mass is 35.5. The second kappa shape index (κ2) is 13.5. The van der Waals surface area contributed by atoms with Gasteiger partial charge in [-0.2, -0.15) is 5.10 Å². The molecule has 0 saturated carbocycles. The van der Waals surface area contributed by atoms with Crippen LogP contribution in [0, 0.1) is 0 Å². The Balaban J connectivity index is 1.40. The highest BCUT2D eigenvalue weighted by Crippen LogP contribution is 2.48. The summed E-state index contributed by atoms with van der Waals surface area (Å²) in [6.07, 6.45) is 2.19. The van der Waals surface area contributed by atoms with Crippen molar-refractivity contribution >= 4 is 54.3 Å². The fourth-order valence-electron chi connectivity index (χ4n) is 4.25. The molecule has 2 unspecified atom stereocenters. The number of piperidine rings is 1. The Labute approximate surface area is 246 Å². The molecule has 2 heterocycles. The molecule has 2 amide bonds. The molecule has 0 spiro atoms. The number of methoxy groups -OCH3 is 1. The number of anilines is 1. The van der Waals surface area contributed by atoms with Crippen molar-refractivity contribution in [3.63, 3.8) is 0 Å². The minimum absolute atomic E-state index is 0.0515. The van der Waals surface area contributed by atoms with Gasteiger partial charge in [0.25, 0.3) is 11.8 Å². The van der Waals surface area contributed by atoms with E-state index in [1.54, 1.807) is 48.0 Å². The number of carbonyl (C=O) groups excluding carboxylic acids is 3. The van der Waals surface area contributed by atoms with E-state index in [-0.39, 0.29) is 33.0 Å². The summed E-state index contributed by atoms with van der Waals surface area (Å²) < 4.78 is 26.3. The number of carbonyl (C=O) groups is 3. The number of esters is 1. The van der Waals surface area contributed by atoms with Gasteiger partial charge in [-0.15, -0.1) is 0 Å². The van der Waals surface area contributed by atoms with Crippen molar-refractivity contribution in [2.45, 2.75) is 31.8 Å². The molecule has 0 aliphatic carbocycles. The van der Waals surface area contributed by atoms with E-state index in [4.69, 9.17) is 32.5 Å². The fourth-order valence-corrected chi connectivity index (χ4v) is 6.91. The van der Waals surface area contributed by atoms with Gasteiger partial charge in [0.05, 0.1) is 34.6 Å². The Morgan fingerprint density at radius 1 is 1.05 bits per heavy atom. The van der Waals surface area contributed by atoms with Crippen LogP contribution in [0.2, 0.25) is 10.0 Å². The minimum atomic E-state index is -3.73. The normalized spacial score (nSPS) is 16.3. The van der Waals surface area contributed by atoms with E-state index < -0.39 is 31.5 Å². The molecule has 0 radical (unpaired) electrons. The number of amides is 2. The lowest BCUT2D eigenvalue weighted by molar-refractivity contribution is -0.142. The maximum absolute atomic E-state index is 14.0. The van der Waals surface area contributed by atoms with Crippen LogP contribution in [0.4, 0.5) is 5.69 Å². The molecule has 12 nitrogen and oxygen atoms in total. The largest absolute Gasteiger partial charge is 0.468 e. The molecule has 4 rings (SSSR count). The van der Waals surface area contributed by atoms with E-state index in [1.807, 2.05) is 0 Å². The zero-order valence-electron chi connectivity index (χ0n) is 22.2. The van der Waals surface area contributed by atoms with Crippen LogP contribution in [-0.4, -0.2) is 64.9 Å². The first-order valence-electron chi connectivity index (χ1n) is 12.7. The third-order valence-electron chi connectivity index (χ3n) is 6.37. The molecule has 15 heteroatoms. The molecule has 2 aromatic carbocycles. The van der Waals surface area contributed by atoms with Gasteiger partial charge in [0.15, 0.2) is 0 Å². The molecule has 3 aromatic rings. The summed E-state index contributed by atoms with van der Waals surface area (Å²) >= 11 is 12.3. The van der Waals surface area contributed by atoms with Gasteiger partial charge in [0.2, 0.25) is 0 Å². The summed E-state index contributed by atoms with van der Waals surface area (Å²) in [5.41, 5.74) is 0.284. The average molecular weight is 623 g/mol. The van der Waals surface area contributed by atoms with Crippen LogP contribution < -0.4 is 20.2 Å². The molecule has 218 valence electrons. The van der Waals surface area contributed by atoms with Gasteiger partial charge in [-0.25, -0.2) is 14.3 Å². The number of para-hydroxylation sites is 1. The number of rotatable bonds is 10. The molecular formula is C26H29Cl2N6O6P. The quantitative estimate of drug-likeness (QED) is 0.189. The molecule has 1 aliphatic rings. The number of halogens is 2. The van der Waals surface area contributed by atoms with E-state index in [1.165, 1.54) is 25.4 Å². The molecule has 41 heavy (non-hydrogen) atoms. The number of benzene rings is 2. The Hall–Kier alpha value is -3.41. The summed E-state index contributed by atoms with van der Waals surface area (Å²) in [7, 11) is -2.48. The van der Waals surface area contributed by atoms with Gasteiger partial charge in [0.1, 0.15) is 17.5 Å². The third-order valence-corrected chi connectivity index (χ3v) is 9.31. The highest BCUT2D eigenvalue weighted by molar-refractivity contribution is 7.54. The summed E-state index contributed by atoms with van der Waals surface area (Å²) in [5.74, 6) is -1.28. The smallest absolute Gasteiger partial charge is 0.393 e. The number of hydrogen-bond donors (Lipinski definition) is 4. The van der Waals surface area contributed by atoms with Crippen LogP contribution in [0.1, 0.15) is 40.6 Å². The summed E-state index contributed by atoms with van der Waals surface area (Å²) in [4.78, 5) is 37.9. The van der Waals surface area contributed by atoms with Crippen molar-refractivity contribution < 1.29 is 28.2 Å². The topological polar surface area (TPSA) is 155 Å². The van der Waals surface area contributed by atoms with E-state index in [0.717, 1.165) is 0 Å². The Morgan fingerprint density at radius 2 is 1.71 bits per heavy atom. The van der Waals surface area contributed by atoms with Crippen molar-refractivity contribution in [3.8, 4) is 5.75 Å². The number of hydrogen-bond acceptors (Lipinski definition) is 7. The number of ether oxygens (including phenoxy) is 1. The van der Waals surface area contributed by atoms with Crippen LogP contribution in [-0.2, 0) is 14.1 Å². The van der Waals surface area contributed by atoms with E-state index >= 15 is 0 Å². The zero-order valence-corrected chi connectivity index (χ0v) is 24.6. The molecule has 0 bridgehead atoms. The standard InChI is InChI=1S/C26H29Cl2N6O6P/c1-16(26(37)39-2)33-41(38,40-18-7-4-3-5-8-18)34-13-11-17(12-14-34)30-25(36)23-21(15-29-32-23)31-24(35)22-19(27)9-6-10-20(22)28/h3-10,15-17H,11-14H2,1-2H3,(H,29,32)(H,30,36)(H,31,35)(H,33,38). The average Bonchev–Trinajstić information content (AvgIpc) is 3.41. The predicted molar refractivity (Wildman–Crippen MR) is 154 cm³/mol. The van der Waals surface area contributed by atoms with Crippen LogP contribution >= 0.6 is 30.9 Å².